The number of carbonyl (C=O) groups excluding carboxylic acids is 3. The Hall–Kier alpha value is -3.76. The number of hydrogen-bond donors (Lipinski definition) is 2. The number of pyridine rings is 1. The molecule has 36 heavy (non-hydrogen) atoms. The molecule has 0 spiro atoms. The number of ether oxygens (including phenoxy) is 1. The van der Waals surface area contributed by atoms with Gasteiger partial charge >= 0.3 is 0 Å². The van der Waals surface area contributed by atoms with E-state index in [0.29, 0.717) is 27.9 Å². The fourth-order valence-corrected chi connectivity index (χ4v) is 4.47. The van der Waals surface area contributed by atoms with Gasteiger partial charge in [0.05, 0.1) is 12.7 Å². The van der Waals surface area contributed by atoms with Gasteiger partial charge in [-0.3, -0.25) is 19.4 Å². The smallest absolute Gasteiger partial charge is 0.264 e. The van der Waals surface area contributed by atoms with Gasteiger partial charge in [0.1, 0.15) is 5.75 Å². The second-order valence-electron chi connectivity index (χ2n) is 8.24. The predicted molar refractivity (Wildman–Crippen MR) is 137 cm³/mol. The minimum Gasteiger partial charge on any atom is -0.497 e. The van der Waals surface area contributed by atoms with Crippen LogP contribution in [0.1, 0.15) is 31.8 Å². The van der Waals surface area contributed by atoms with Crippen molar-refractivity contribution in [2.24, 2.45) is 5.73 Å². The highest BCUT2D eigenvalue weighted by Gasteiger charge is 2.43. The van der Waals surface area contributed by atoms with Crippen LogP contribution in [-0.4, -0.2) is 58.9 Å². The predicted octanol–water partition coefficient (Wildman–Crippen LogP) is 2.55. The van der Waals surface area contributed by atoms with Gasteiger partial charge in [-0.15, -0.1) is 0 Å². The Morgan fingerprint density at radius 2 is 1.69 bits per heavy atom. The van der Waals surface area contributed by atoms with Crippen molar-refractivity contribution in [1.29, 1.82) is 0 Å². The summed E-state index contributed by atoms with van der Waals surface area (Å²) in [5, 5.41) is 2.88. The Morgan fingerprint density at radius 3 is 2.39 bits per heavy atom. The first-order valence-corrected chi connectivity index (χ1v) is 12.1. The van der Waals surface area contributed by atoms with Crippen molar-refractivity contribution in [3.05, 3.63) is 93.7 Å². The number of aromatic nitrogens is 1. The minimum absolute atomic E-state index is 0.196. The minimum atomic E-state index is -1.13. The van der Waals surface area contributed by atoms with Crippen LogP contribution in [-0.2, 0) is 17.9 Å². The molecule has 1 aliphatic rings. The van der Waals surface area contributed by atoms with Gasteiger partial charge in [-0.25, -0.2) is 0 Å². The molecule has 1 aromatic heterocycles. The molecule has 0 aliphatic carbocycles. The summed E-state index contributed by atoms with van der Waals surface area (Å²) in [5.74, 6) is -0.705. The second-order valence-corrected chi connectivity index (χ2v) is 9.15. The van der Waals surface area contributed by atoms with Crippen LogP contribution in [0, 0.1) is 0 Å². The molecule has 1 unspecified atom stereocenters. The fourth-order valence-electron chi connectivity index (χ4n) is 4.10. The molecular formula is C26H26BrN5O4. The largest absolute Gasteiger partial charge is 0.497 e. The highest BCUT2D eigenvalue weighted by atomic mass is 79.9. The van der Waals surface area contributed by atoms with Crippen LogP contribution >= 0.6 is 15.9 Å². The Labute approximate surface area is 217 Å². The van der Waals surface area contributed by atoms with E-state index in [0.717, 1.165) is 11.1 Å². The van der Waals surface area contributed by atoms with Gasteiger partial charge < -0.3 is 25.6 Å². The SMILES string of the molecule is COc1cccc(C(=O)N2CCN(C(=O)c3cncc(Br)c3)C2C(=O)NCc2cccc(CN)c2)c1. The van der Waals surface area contributed by atoms with Gasteiger partial charge in [-0.1, -0.05) is 30.3 Å². The lowest BCUT2D eigenvalue weighted by Crippen LogP contribution is -2.53. The summed E-state index contributed by atoms with van der Waals surface area (Å²) >= 11 is 3.33. The Morgan fingerprint density at radius 1 is 1.00 bits per heavy atom. The van der Waals surface area contributed by atoms with E-state index in [-0.39, 0.29) is 25.5 Å². The van der Waals surface area contributed by atoms with Crippen LogP contribution in [0.4, 0.5) is 0 Å². The molecule has 1 aliphatic heterocycles. The maximum absolute atomic E-state index is 13.5. The summed E-state index contributed by atoms with van der Waals surface area (Å²) in [4.78, 5) is 47.2. The first-order chi connectivity index (χ1) is 17.4. The van der Waals surface area contributed by atoms with E-state index in [1.54, 1.807) is 36.5 Å². The van der Waals surface area contributed by atoms with Crippen molar-refractivity contribution in [3.8, 4) is 5.75 Å². The van der Waals surface area contributed by atoms with E-state index in [1.165, 1.54) is 23.1 Å². The molecule has 1 fully saturated rings. The van der Waals surface area contributed by atoms with Crippen molar-refractivity contribution in [3.63, 3.8) is 0 Å². The third kappa shape index (κ3) is 5.55. The van der Waals surface area contributed by atoms with E-state index in [1.807, 2.05) is 24.3 Å². The van der Waals surface area contributed by atoms with E-state index < -0.39 is 18.0 Å². The summed E-state index contributed by atoms with van der Waals surface area (Å²) in [7, 11) is 1.52. The lowest BCUT2D eigenvalue weighted by Gasteiger charge is -2.29. The van der Waals surface area contributed by atoms with Crippen LogP contribution < -0.4 is 15.8 Å². The summed E-state index contributed by atoms with van der Waals surface area (Å²) in [6.45, 7) is 1.01. The normalized spacial score (nSPS) is 15.0. The summed E-state index contributed by atoms with van der Waals surface area (Å²) in [6.07, 6.45) is 1.87. The van der Waals surface area contributed by atoms with Gasteiger partial charge in [-0.05, 0) is 51.3 Å². The lowest BCUT2D eigenvalue weighted by atomic mass is 10.1. The molecule has 9 nitrogen and oxygen atoms in total. The highest BCUT2D eigenvalue weighted by Crippen LogP contribution is 2.23. The van der Waals surface area contributed by atoms with Crippen LogP contribution in [0.5, 0.6) is 5.75 Å². The zero-order chi connectivity index (χ0) is 25.7. The van der Waals surface area contributed by atoms with Crippen LogP contribution in [0.2, 0.25) is 0 Å². The van der Waals surface area contributed by atoms with E-state index >= 15 is 0 Å². The maximum atomic E-state index is 13.5. The van der Waals surface area contributed by atoms with Crippen LogP contribution in [0.25, 0.3) is 0 Å². The fraction of sp³-hybridized carbons (Fsp3) is 0.231. The van der Waals surface area contributed by atoms with Crippen LogP contribution in [0.15, 0.2) is 71.5 Å². The molecule has 3 N–H and O–H groups in total. The quantitative estimate of drug-likeness (QED) is 0.466. The molecule has 0 radical (unpaired) electrons. The van der Waals surface area contributed by atoms with E-state index in [2.05, 4.69) is 26.2 Å². The van der Waals surface area contributed by atoms with Crippen molar-refractivity contribution < 1.29 is 19.1 Å². The number of halogens is 1. The summed E-state index contributed by atoms with van der Waals surface area (Å²) in [6, 6.07) is 15.9. The number of hydrogen-bond acceptors (Lipinski definition) is 6. The van der Waals surface area contributed by atoms with Crippen molar-refractivity contribution in [2.75, 3.05) is 20.2 Å². The molecule has 3 amide bonds. The molecule has 1 saturated heterocycles. The molecular weight excluding hydrogens is 526 g/mol. The number of nitrogens with one attached hydrogen (secondary N) is 1. The first kappa shape index (κ1) is 25.3. The summed E-state index contributed by atoms with van der Waals surface area (Å²) < 4.78 is 5.88. The molecule has 2 aromatic carbocycles. The van der Waals surface area contributed by atoms with Gasteiger partial charge in [0, 0.05) is 48.6 Å². The van der Waals surface area contributed by atoms with Crippen molar-refractivity contribution in [2.45, 2.75) is 19.3 Å². The van der Waals surface area contributed by atoms with Crippen molar-refractivity contribution in [1.82, 2.24) is 20.1 Å². The third-order valence-electron chi connectivity index (χ3n) is 5.89. The Kier molecular flexibility index (Phi) is 7.97. The number of amides is 3. The highest BCUT2D eigenvalue weighted by molar-refractivity contribution is 9.10. The number of carbonyl (C=O) groups is 3. The maximum Gasteiger partial charge on any atom is 0.264 e. The number of benzene rings is 2. The Bertz CT molecular complexity index is 1280. The molecule has 4 rings (SSSR count). The number of nitrogens with two attached hydrogens (primary N) is 1. The average molecular weight is 552 g/mol. The molecule has 10 heteroatoms. The van der Waals surface area contributed by atoms with Gasteiger partial charge in [0.15, 0.2) is 6.17 Å². The number of nitrogens with zero attached hydrogens (tertiary/aromatic N) is 3. The molecule has 2 heterocycles. The van der Waals surface area contributed by atoms with Gasteiger partial charge in [0.2, 0.25) is 0 Å². The molecule has 1 atom stereocenters. The Balaban J connectivity index is 1.61. The molecule has 0 bridgehead atoms. The zero-order valence-electron chi connectivity index (χ0n) is 19.7. The van der Waals surface area contributed by atoms with E-state index in [4.69, 9.17) is 10.5 Å². The molecule has 186 valence electrons. The standard InChI is InChI=1S/C26H26BrN5O4/c1-36-22-7-3-6-19(12-22)25(34)31-8-9-32(26(35)20-11-21(27)16-29-15-20)24(31)23(33)30-14-18-5-2-4-17(10-18)13-28/h2-7,10-12,15-16,24H,8-9,13-14,28H2,1H3,(H,30,33). The average Bonchev–Trinajstić information content (AvgIpc) is 3.36. The number of methoxy groups -OCH3 is 1. The number of rotatable bonds is 7. The second kappa shape index (κ2) is 11.3. The monoisotopic (exact) mass is 551 g/mol. The van der Waals surface area contributed by atoms with Gasteiger partial charge in [-0.2, -0.15) is 0 Å². The lowest BCUT2D eigenvalue weighted by molar-refractivity contribution is -0.128. The van der Waals surface area contributed by atoms with Crippen molar-refractivity contribution >= 4 is 33.7 Å². The molecule has 3 aromatic rings. The first-order valence-electron chi connectivity index (χ1n) is 11.3. The zero-order valence-corrected chi connectivity index (χ0v) is 21.3. The van der Waals surface area contributed by atoms with Gasteiger partial charge in [0.25, 0.3) is 17.7 Å². The molecule has 0 saturated carbocycles. The third-order valence-corrected chi connectivity index (χ3v) is 6.32. The topological polar surface area (TPSA) is 118 Å². The van der Waals surface area contributed by atoms with E-state index in [9.17, 15) is 14.4 Å². The summed E-state index contributed by atoms with van der Waals surface area (Å²) in [5.41, 5.74) is 8.21. The van der Waals surface area contributed by atoms with Crippen LogP contribution in [0.3, 0.4) is 0 Å².